The molecule has 2 atom stereocenters. The first kappa shape index (κ1) is 14.2. The summed E-state index contributed by atoms with van der Waals surface area (Å²) < 4.78 is 0. The standard InChI is InChI=1S/C16H17N3O/c1-12(14-6-8-18-9-7-14)19-11-16(20)15-4-2-13(10-17)3-5-15/h2-9,12,16,19-20H,11H2,1H3. The summed E-state index contributed by atoms with van der Waals surface area (Å²) >= 11 is 0. The van der Waals surface area contributed by atoms with E-state index in [1.165, 1.54) is 0 Å². The van der Waals surface area contributed by atoms with E-state index >= 15 is 0 Å². The number of rotatable bonds is 5. The molecular formula is C16H17N3O. The molecule has 4 nitrogen and oxygen atoms in total. The highest BCUT2D eigenvalue weighted by Gasteiger charge is 2.10. The molecule has 0 aliphatic heterocycles. The summed E-state index contributed by atoms with van der Waals surface area (Å²) in [6, 6.07) is 13.1. The molecule has 4 heteroatoms. The van der Waals surface area contributed by atoms with Gasteiger partial charge in [0.05, 0.1) is 17.7 Å². The molecule has 0 aliphatic carbocycles. The van der Waals surface area contributed by atoms with E-state index in [4.69, 9.17) is 5.26 Å². The average Bonchev–Trinajstić information content (AvgIpc) is 2.53. The minimum atomic E-state index is -0.591. The van der Waals surface area contributed by atoms with Crippen LogP contribution in [-0.4, -0.2) is 16.6 Å². The van der Waals surface area contributed by atoms with Gasteiger partial charge < -0.3 is 10.4 Å². The predicted molar refractivity (Wildman–Crippen MR) is 76.8 cm³/mol. The van der Waals surface area contributed by atoms with Gasteiger partial charge in [-0.25, -0.2) is 0 Å². The second-order valence-electron chi connectivity index (χ2n) is 4.66. The molecule has 0 bridgehead atoms. The van der Waals surface area contributed by atoms with Crippen molar-refractivity contribution in [1.82, 2.24) is 10.3 Å². The van der Waals surface area contributed by atoms with Gasteiger partial charge >= 0.3 is 0 Å². The van der Waals surface area contributed by atoms with E-state index < -0.39 is 6.10 Å². The lowest BCUT2D eigenvalue weighted by atomic mass is 10.1. The molecule has 0 aliphatic rings. The van der Waals surface area contributed by atoms with E-state index in [2.05, 4.69) is 16.4 Å². The zero-order valence-corrected chi connectivity index (χ0v) is 11.3. The summed E-state index contributed by atoms with van der Waals surface area (Å²) in [4.78, 5) is 3.98. The van der Waals surface area contributed by atoms with Crippen molar-refractivity contribution in [3.05, 3.63) is 65.5 Å². The Labute approximate surface area is 118 Å². The van der Waals surface area contributed by atoms with Gasteiger partial charge in [-0.05, 0) is 42.3 Å². The van der Waals surface area contributed by atoms with Gasteiger partial charge in [0.25, 0.3) is 0 Å². The van der Waals surface area contributed by atoms with Crippen LogP contribution in [0, 0.1) is 11.3 Å². The Morgan fingerprint density at radius 2 is 1.80 bits per heavy atom. The van der Waals surface area contributed by atoms with Crippen molar-refractivity contribution in [2.75, 3.05) is 6.54 Å². The third-order valence-corrected chi connectivity index (χ3v) is 3.25. The first-order valence-electron chi connectivity index (χ1n) is 6.52. The quantitative estimate of drug-likeness (QED) is 0.872. The van der Waals surface area contributed by atoms with Crippen LogP contribution < -0.4 is 5.32 Å². The van der Waals surface area contributed by atoms with Gasteiger partial charge in [-0.2, -0.15) is 5.26 Å². The second-order valence-corrected chi connectivity index (χ2v) is 4.66. The lowest BCUT2D eigenvalue weighted by Crippen LogP contribution is -2.24. The Hall–Kier alpha value is -2.22. The SMILES string of the molecule is CC(NCC(O)c1ccc(C#N)cc1)c1ccncc1. The molecule has 0 saturated heterocycles. The molecule has 20 heavy (non-hydrogen) atoms. The Kier molecular flexibility index (Phi) is 4.83. The van der Waals surface area contributed by atoms with Crippen molar-refractivity contribution in [3.63, 3.8) is 0 Å². The highest BCUT2D eigenvalue weighted by atomic mass is 16.3. The Bertz CT molecular complexity index is 575. The minimum absolute atomic E-state index is 0.144. The summed E-state index contributed by atoms with van der Waals surface area (Å²) in [6.45, 7) is 2.50. The number of benzene rings is 1. The minimum Gasteiger partial charge on any atom is -0.387 e. The summed E-state index contributed by atoms with van der Waals surface area (Å²) in [5, 5.41) is 22.1. The molecule has 2 aromatic rings. The van der Waals surface area contributed by atoms with E-state index in [-0.39, 0.29) is 6.04 Å². The van der Waals surface area contributed by atoms with Crippen LogP contribution in [0.25, 0.3) is 0 Å². The van der Waals surface area contributed by atoms with E-state index in [1.807, 2.05) is 19.1 Å². The number of hydrogen-bond donors (Lipinski definition) is 2. The van der Waals surface area contributed by atoms with Gasteiger partial charge in [0.1, 0.15) is 0 Å². The highest BCUT2D eigenvalue weighted by Crippen LogP contribution is 2.15. The topological polar surface area (TPSA) is 68.9 Å². The molecule has 0 spiro atoms. The third kappa shape index (κ3) is 3.64. The first-order valence-corrected chi connectivity index (χ1v) is 6.52. The summed E-state index contributed by atoms with van der Waals surface area (Å²) in [5.41, 5.74) is 2.53. The van der Waals surface area contributed by atoms with Gasteiger partial charge in [0.2, 0.25) is 0 Å². The average molecular weight is 267 g/mol. The van der Waals surface area contributed by atoms with Crippen molar-refractivity contribution in [1.29, 1.82) is 5.26 Å². The molecule has 1 aromatic carbocycles. The fourth-order valence-electron chi connectivity index (χ4n) is 1.96. The fraction of sp³-hybridized carbons (Fsp3) is 0.250. The summed E-state index contributed by atoms with van der Waals surface area (Å²) in [6.07, 6.45) is 2.92. The van der Waals surface area contributed by atoms with E-state index in [0.717, 1.165) is 11.1 Å². The molecule has 2 N–H and O–H groups in total. The van der Waals surface area contributed by atoms with E-state index in [1.54, 1.807) is 36.7 Å². The lowest BCUT2D eigenvalue weighted by molar-refractivity contribution is 0.171. The van der Waals surface area contributed by atoms with E-state index in [0.29, 0.717) is 12.1 Å². The normalized spacial score (nSPS) is 13.4. The number of aliphatic hydroxyl groups is 1. The van der Waals surface area contributed by atoms with Crippen LogP contribution in [0.5, 0.6) is 0 Å². The van der Waals surface area contributed by atoms with Gasteiger partial charge in [0, 0.05) is 25.0 Å². The molecule has 0 radical (unpaired) electrons. The van der Waals surface area contributed by atoms with E-state index in [9.17, 15) is 5.11 Å². The number of hydrogen-bond acceptors (Lipinski definition) is 4. The number of nitrogens with zero attached hydrogens (tertiary/aromatic N) is 2. The molecule has 2 rings (SSSR count). The molecule has 2 unspecified atom stereocenters. The van der Waals surface area contributed by atoms with Gasteiger partial charge in [-0.15, -0.1) is 0 Å². The van der Waals surface area contributed by atoms with Crippen LogP contribution in [-0.2, 0) is 0 Å². The van der Waals surface area contributed by atoms with Gasteiger partial charge in [0.15, 0.2) is 0 Å². The molecular weight excluding hydrogens is 250 g/mol. The Balaban J connectivity index is 1.91. The number of nitrogens with one attached hydrogen (secondary N) is 1. The third-order valence-electron chi connectivity index (χ3n) is 3.25. The fourth-order valence-corrected chi connectivity index (χ4v) is 1.96. The van der Waals surface area contributed by atoms with Crippen molar-refractivity contribution < 1.29 is 5.11 Å². The Morgan fingerprint density at radius 3 is 2.40 bits per heavy atom. The van der Waals surface area contributed by atoms with Crippen LogP contribution in [0.4, 0.5) is 0 Å². The number of aromatic nitrogens is 1. The maximum atomic E-state index is 10.1. The first-order chi connectivity index (χ1) is 9.70. The number of nitriles is 1. The van der Waals surface area contributed by atoms with Crippen molar-refractivity contribution in [2.24, 2.45) is 0 Å². The molecule has 0 amide bonds. The van der Waals surface area contributed by atoms with Crippen LogP contribution in [0.3, 0.4) is 0 Å². The predicted octanol–water partition coefficient (Wildman–Crippen LogP) is 2.34. The van der Waals surface area contributed by atoms with Crippen molar-refractivity contribution in [2.45, 2.75) is 19.1 Å². The van der Waals surface area contributed by atoms with Crippen LogP contribution in [0.2, 0.25) is 0 Å². The zero-order chi connectivity index (χ0) is 14.4. The second kappa shape index (κ2) is 6.80. The zero-order valence-electron chi connectivity index (χ0n) is 11.3. The molecule has 1 heterocycles. The van der Waals surface area contributed by atoms with Crippen LogP contribution >= 0.6 is 0 Å². The molecule has 102 valence electrons. The molecule has 0 fully saturated rings. The summed E-state index contributed by atoms with van der Waals surface area (Å²) in [5.74, 6) is 0. The summed E-state index contributed by atoms with van der Waals surface area (Å²) in [7, 11) is 0. The molecule has 0 saturated carbocycles. The largest absolute Gasteiger partial charge is 0.387 e. The van der Waals surface area contributed by atoms with Crippen molar-refractivity contribution in [3.8, 4) is 6.07 Å². The highest BCUT2D eigenvalue weighted by molar-refractivity contribution is 5.32. The maximum Gasteiger partial charge on any atom is 0.0991 e. The van der Waals surface area contributed by atoms with Crippen LogP contribution in [0.1, 0.15) is 35.8 Å². The van der Waals surface area contributed by atoms with Crippen LogP contribution in [0.15, 0.2) is 48.8 Å². The number of pyridine rings is 1. The lowest BCUT2D eigenvalue weighted by Gasteiger charge is -2.17. The van der Waals surface area contributed by atoms with Crippen molar-refractivity contribution >= 4 is 0 Å². The number of aliphatic hydroxyl groups excluding tert-OH is 1. The van der Waals surface area contributed by atoms with Gasteiger partial charge in [-0.1, -0.05) is 12.1 Å². The Morgan fingerprint density at radius 1 is 1.15 bits per heavy atom. The maximum absolute atomic E-state index is 10.1. The molecule has 1 aromatic heterocycles. The smallest absolute Gasteiger partial charge is 0.0991 e. The monoisotopic (exact) mass is 267 g/mol. The van der Waals surface area contributed by atoms with Gasteiger partial charge in [-0.3, -0.25) is 4.98 Å².